The van der Waals surface area contributed by atoms with Crippen LogP contribution in [0.3, 0.4) is 0 Å². The Hall–Kier alpha value is -2.49. The van der Waals surface area contributed by atoms with Crippen molar-refractivity contribution in [1.82, 2.24) is 0 Å². The third-order valence-corrected chi connectivity index (χ3v) is 4.88. The van der Waals surface area contributed by atoms with Crippen LogP contribution in [0.1, 0.15) is 34.2 Å². The molecule has 3 rings (SSSR count). The highest BCUT2D eigenvalue weighted by Crippen LogP contribution is 2.43. The van der Waals surface area contributed by atoms with Gasteiger partial charge in [-0.3, -0.25) is 4.79 Å². The Balaban J connectivity index is 1.84. The molecule has 4 heteroatoms. The fraction of sp³-hybridized carbons (Fsp3) is 0.381. The van der Waals surface area contributed by atoms with Gasteiger partial charge in [-0.15, -0.1) is 0 Å². The van der Waals surface area contributed by atoms with Crippen molar-refractivity contribution in [3.63, 3.8) is 0 Å². The van der Waals surface area contributed by atoms with Gasteiger partial charge in [0.1, 0.15) is 24.2 Å². The quantitative estimate of drug-likeness (QED) is 0.770. The molecular formula is C21H24O4. The van der Waals surface area contributed by atoms with Gasteiger partial charge in [0.05, 0.1) is 13.5 Å². The number of hydrogen-bond donors (Lipinski definition) is 0. The number of methoxy groups -OCH3 is 1. The van der Waals surface area contributed by atoms with E-state index in [0.717, 1.165) is 39.3 Å². The maximum atomic E-state index is 11.6. The van der Waals surface area contributed by atoms with E-state index in [-0.39, 0.29) is 18.5 Å². The van der Waals surface area contributed by atoms with E-state index in [0.29, 0.717) is 13.0 Å². The lowest BCUT2D eigenvalue weighted by atomic mass is 9.95. The summed E-state index contributed by atoms with van der Waals surface area (Å²) in [4.78, 5) is 11.6. The summed E-state index contributed by atoms with van der Waals surface area (Å²) in [5.41, 5.74) is 5.54. The summed E-state index contributed by atoms with van der Waals surface area (Å²) in [6.45, 7) is 6.70. The summed E-state index contributed by atoms with van der Waals surface area (Å²) in [5, 5.41) is 0. The number of benzene rings is 2. The second-order valence-electron chi connectivity index (χ2n) is 6.51. The van der Waals surface area contributed by atoms with E-state index in [4.69, 9.17) is 14.2 Å². The summed E-state index contributed by atoms with van der Waals surface area (Å²) in [6, 6.07) is 10.1. The number of carbonyl (C=O) groups excluding carboxylic acids is 1. The number of esters is 1. The zero-order valence-electron chi connectivity index (χ0n) is 15.2. The fourth-order valence-electron chi connectivity index (χ4n) is 3.33. The van der Waals surface area contributed by atoms with Crippen molar-refractivity contribution in [2.75, 3.05) is 7.11 Å². The fourth-order valence-corrected chi connectivity index (χ4v) is 3.33. The Labute approximate surface area is 148 Å². The van der Waals surface area contributed by atoms with Crippen LogP contribution in [0.25, 0.3) is 0 Å². The van der Waals surface area contributed by atoms with E-state index < -0.39 is 0 Å². The third kappa shape index (κ3) is 3.48. The molecule has 1 aliphatic rings. The first-order valence-corrected chi connectivity index (χ1v) is 8.54. The number of rotatable bonds is 5. The van der Waals surface area contributed by atoms with Crippen molar-refractivity contribution >= 4 is 5.97 Å². The van der Waals surface area contributed by atoms with Crippen molar-refractivity contribution in [3.05, 3.63) is 58.1 Å². The van der Waals surface area contributed by atoms with Gasteiger partial charge < -0.3 is 14.2 Å². The highest BCUT2D eigenvalue weighted by atomic mass is 16.5. The largest absolute Gasteiger partial charge is 0.489 e. The Kier molecular flexibility index (Phi) is 4.98. The maximum Gasteiger partial charge on any atom is 0.309 e. The van der Waals surface area contributed by atoms with Gasteiger partial charge in [0.25, 0.3) is 0 Å². The Bertz CT molecular complexity index is 780. The van der Waals surface area contributed by atoms with Gasteiger partial charge in [-0.25, -0.2) is 0 Å². The lowest BCUT2D eigenvalue weighted by Crippen LogP contribution is -2.19. The highest BCUT2D eigenvalue weighted by molar-refractivity contribution is 5.70. The minimum Gasteiger partial charge on any atom is -0.489 e. The molecule has 2 aromatic rings. The summed E-state index contributed by atoms with van der Waals surface area (Å²) in [7, 11) is 1.40. The van der Waals surface area contributed by atoms with Crippen LogP contribution in [0.15, 0.2) is 30.3 Å². The molecular weight excluding hydrogens is 316 g/mol. The highest BCUT2D eigenvalue weighted by Gasteiger charge is 2.31. The minimum absolute atomic E-state index is 0.163. The Morgan fingerprint density at radius 1 is 1.12 bits per heavy atom. The summed E-state index contributed by atoms with van der Waals surface area (Å²) >= 11 is 0. The molecule has 2 aromatic carbocycles. The lowest BCUT2D eigenvalue weighted by molar-refractivity contribution is -0.142. The second kappa shape index (κ2) is 7.18. The average Bonchev–Trinajstić information content (AvgIpc) is 3.04. The van der Waals surface area contributed by atoms with E-state index in [1.165, 1.54) is 7.11 Å². The van der Waals surface area contributed by atoms with Crippen LogP contribution in [0.4, 0.5) is 0 Å². The molecule has 0 fully saturated rings. The number of ether oxygens (including phenoxy) is 3. The zero-order valence-corrected chi connectivity index (χ0v) is 15.2. The maximum absolute atomic E-state index is 11.6. The van der Waals surface area contributed by atoms with Crippen molar-refractivity contribution in [3.8, 4) is 11.5 Å². The van der Waals surface area contributed by atoms with Crippen molar-refractivity contribution in [2.45, 2.75) is 46.3 Å². The normalized spacial score (nSPS) is 15.4. The molecule has 4 nitrogen and oxygen atoms in total. The Morgan fingerprint density at radius 2 is 1.84 bits per heavy atom. The molecule has 0 radical (unpaired) electrons. The Morgan fingerprint density at radius 3 is 2.52 bits per heavy atom. The molecule has 0 bridgehead atoms. The zero-order chi connectivity index (χ0) is 18.0. The molecule has 1 unspecified atom stereocenters. The molecule has 0 aliphatic carbocycles. The van der Waals surface area contributed by atoms with Gasteiger partial charge in [-0.05, 0) is 43.0 Å². The van der Waals surface area contributed by atoms with Crippen LogP contribution in [0.2, 0.25) is 0 Å². The van der Waals surface area contributed by atoms with Gasteiger partial charge in [0.2, 0.25) is 0 Å². The standard InChI is InChI=1S/C21H24O4/c1-13-14(2)21-18(10-17(25-21)11-19(22)23-4)15(3)20(13)24-12-16-8-6-5-7-9-16/h5-9,17H,10-12H2,1-4H3. The third-order valence-electron chi connectivity index (χ3n) is 4.88. The van der Waals surface area contributed by atoms with Crippen molar-refractivity contribution in [2.24, 2.45) is 0 Å². The SMILES string of the molecule is COC(=O)CC1Cc2c(C)c(OCc3ccccc3)c(C)c(C)c2O1. The van der Waals surface area contributed by atoms with E-state index in [2.05, 4.69) is 26.0 Å². The lowest BCUT2D eigenvalue weighted by Gasteiger charge is -2.18. The van der Waals surface area contributed by atoms with Gasteiger partial charge in [-0.1, -0.05) is 30.3 Å². The van der Waals surface area contributed by atoms with Crippen LogP contribution in [0.5, 0.6) is 11.5 Å². The molecule has 0 aromatic heterocycles. The summed E-state index contributed by atoms with van der Waals surface area (Å²) in [6.07, 6.45) is 0.811. The number of fused-ring (bicyclic) bond motifs is 1. The van der Waals surface area contributed by atoms with Gasteiger partial charge >= 0.3 is 5.97 Å². The molecule has 0 saturated carbocycles. The summed E-state index contributed by atoms with van der Waals surface area (Å²) < 4.78 is 16.9. The molecule has 0 spiro atoms. The van der Waals surface area contributed by atoms with Gasteiger partial charge in [-0.2, -0.15) is 0 Å². The number of carbonyl (C=O) groups is 1. The molecule has 25 heavy (non-hydrogen) atoms. The molecule has 132 valence electrons. The van der Waals surface area contributed by atoms with Crippen LogP contribution in [0, 0.1) is 20.8 Å². The predicted octanol–water partition coefficient (Wildman–Crippen LogP) is 4.06. The van der Waals surface area contributed by atoms with E-state index in [1.54, 1.807) is 0 Å². The topological polar surface area (TPSA) is 44.8 Å². The minimum atomic E-state index is -0.245. The van der Waals surface area contributed by atoms with E-state index >= 15 is 0 Å². The molecule has 1 heterocycles. The predicted molar refractivity (Wildman–Crippen MR) is 96.2 cm³/mol. The van der Waals surface area contributed by atoms with Crippen LogP contribution in [-0.2, 0) is 22.6 Å². The van der Waals surface area contributed by atoms with Crippen molar-refractivity contribution < 1.29 is 19.0 Å². The molecule has 1 aliphatic heterocycles. The van der Waals surface area contributed by atoms with E-state index in [9.17, 15) is 4.79 Å². The van der Waals surface area contributed by atoms with E-state index in [1.807, 2.05) is 25.1 Å². The number of hydrogen-bond acceptors (Lipinski definition) is 4. The van der Waals surface area contributed by atoms with Crippen LogP contribution < -0.4 is 9.47 Å². The van der Waals surface area contributed by atoms with Crippen molar-refractivity contribution in [1.29, 1.82) is 0 Å². The molecule has 0 N–H and O–H groups in total. The monoisotopic (exact) mass is 340 g/mol. The first-order chi connectivity index (χ1) is 12.0. The average molecular weight is 340 g/mol. The molecule has 0 amide bonds. The second-order valence-corrected chi connectivity index (χ2v) is 6.51. The summed E-state index contributed by atoms with van der Waals surface area (Å²) in [5.74, 6) is 1.57. The van der Waals surface area contributed by atoms with Gasteiger partial charge in [0.15, 0.2) is 0 Å². The first kappa shape index (κ1) is 17.3. The van der Waals surface area contributed by atoms with Gasteiger partial charge in [0, 0.05) is 12.0 Å². The smallest absolute Gasteiger partial charge is 0.309 e. The van der Waals surface area contributed by atoms with Crippen LogP contribution >= 0.6 is 0 Å². The van der Waals surface area contributed by atoms with Crippen LogP contribution in [-0.4, -0.2) is 19.2 Å². The molecule has 1 atom stereocenters. The first-order valence-electron chi connectivity index (χ1n) is 8.54. The molecule has 0 saturated heterocycles.